The van der Waals surface area contributed by atoms with Gasteiger partial charge in [0.1, 0.15) is 30.0 Å². The number of anilines is 1. The van der Waals surface area contributed by atoms with E-state index in [1.54, 1.807) is 50.1 Å². The van der Waals surface area contributed by atoms with Crippen molar-refractivity contribution in [3.8, 4) is 0 Å². The summed E-state index contributed by atoms with van der Waals surface area (Å²) in [5.41, 5.74) is -0.748. The number of epoxide rings is 1. The highest BCUT2D eigenvalue weighted by Crippen LogP contribution is 2.49. The van der Waals surface area contributed by atoms with Gasteiger partial charge < -0.3 is 48.6 Å². The van der Waals surface area contributed by atoms with Gasteiger partial charge in [0.05, 0.1) is 36.4 Å². The number of hydrogen-bond donors (Lipinski definition) is 3. The molecule has 0 spiro atoms. The van der Waals surface area contributed by atoms with E-state index in [-0.39, 0.29) is 55.5 Å². The maximum Gasteiger partial charge on any atom is 0.409 e. The number of aliphatic hydroxyl groups excluding tert-OH is 1. The van der Waals surface area contributed by atoms with E-state index in [4.69, 9.17) is 35.3 Å². The van der Waals surface area contributed by atoms with Gasteiger partial charge in [-0.05, 0) is 57.2 Å². The van der Waals surface area contributed by atoms with Crippen molar-refractivity contribution in [1.82, 2.24) is 15.1 Å². The van der Waals surface area contributed by atoms with Crippen LogP contribution < -0.4 is 10.2 Å². The third-order valence-corrected chi connectivity index (χ3v) is 12.1. The summed E-state index contributed by atoms with van der Waals surface area (Å²) in [6, 6.07) is 2.42. The molecule has 1 aromatic rings. The number of nitrogens with zero attached hydrogens (tertiary/aromatic N) is 3. The van der Waals surface area contributed by atoms with Crippen LogP contribution in [-0.4, -0.2) is 140 Å². The van der Waals surface area contributed by atoms with E-state index in [9.17, 15) is 34.2 Å². The fraction of sp³-hybridized carbons (Fsp3) is 0.651. The van der Waals surface area contributed by atoms with E-state index in [1.807, 2.05) is 19.9 Å². The second kappa shape index (κ2) is 21.1. The topological polar surface area (TPSA) is 197 Å². The van der Waals surface area contributed by atoms with Crippen LogP contribution in [0.4, 0.5) is 10.5 Å². The van der Waals surface area contributed by atoms with E-state index in [0.29, 0.717) is 37.4 Å². The lowest BCUT2D eigenvalue weighted by atomic mass is 9.83. The maximum absolute atomic E-state index is 14.2. The van der Waals surface area contributed by atoms with Crippen LogP contribution in [-0.2, 0) is 55.9 Å². The van der Waals surface area contributed by atoms with Crippen molar-refractivity contribution in [2.45, 2.75) is 128 Å². The molecule has 17 heteroatoms. The van der Waals surface area contributed by atoms with Crippen LogP contribution in [0.25, 0.3) is 0 Å². The van der Waals surface area contributed by atoms with Crippen LogP contribution in [0.5, 0.6) is 0 Å². The Morgan fingerprint density at radius 1 is 1.15 bits per heavy atom. The molecule has 4 bridgehead atoms. The van der Waals surface area contributed by atoms with Gasteiger partial charge in [0.2, 0.25) is 17.7 Å². The first-order chi connectivity index (χ1) is 28.3. The number of rotatable bonds is 14. The molecule has 8 atom stereocenters. The number of fused-ring (bicyclic) bond motifs is 5. The van der Waals surface area contributed by atoms with Crippen molar-refractivity contribution in [3.05, 3.63) is 52.1 Å². The fourth-order valence-corrected chi connectivity index (χ4v) is 7.90. The first-order valence-corrected chi connectivity index (χ1v) is 20.9. The number of carbonyl (C=O) groups excluding carboxylic acids is 5. The summed E-state index contributed by atoms with van der Waals surface area (Å²) in [5.74, 6) is -2.35. The Morgan fingerprint density at radius 3 is 2.52 bits per heavy atom. The first-order valence-electron chi connectivity index (χ1n) is 20.5. The van der Waals surface area contributed by atoms with Gasteiger partial charge in [0.25, 0.3) is 0 Å². The lowest BCUT2D eigenvalue weighted by Gasteiger charge is -2.42. The molecule has 3 aliphatic rings. The summed E-state index contributed by atoms with van der Waals surface area (Å²) in [7, 11) is 6.10. The average molecular weight is 863 g/mol. The van der Waals surface area contributed by atoms with Gasteiger partial charge in [-0.2, -0.15) is 0 Å². The monoisotopic (exact) mass is 862 g/mol. The number of halogens is 1. The third kappa shape index (κ3) is 11.9. The van der Waals surface area contributed by atoms with Gasteiger partial charge in [0.15, 0.2) is 5.72 Å². The molecule has 4 amide bonds. The second-order valence-corrected chi connectivity index (χ2v) is 16.7. The molecule has 0 radical (unpaired) electrons. The van der Waals surface area contributed by atoms with Crippen LogP contribution in [0.15, 0.2) is 35.9 Å². The highest BCUT2D eigenvalue weighted by Gasteiger charge is 2.64. The van der Waals surface area contributed by atoms with Crippen LogP contribution in [0.2, 0.25) is 5.02 Å². The van der Waals surface area contributed by atoms with E-state index < -0.39 is 65.7 Å². The molecular formula is C43H63ClN4O12. The maximum atomic E-state index is 14.2. The van der Waals surface area contributed by atoms with Crippen molar-refractivity contribution in [1.29, 1.82) is 0 Å². The number of hydrogen-bond acceptors (Lipinski definition) is 12. The molecular weight excluding hydrogens is 800 g/mol. The zero-order chi connectivity index (χ0) is 44.5. The third-order valence-electron chi connectivity index (χ3n) is 11.7. The molecule has 16 nitrogen and oxygen atoms in total. The molecule has 3 N–H and O–H groups in total. The van der Waals surface area contributed by atoms with E-state index in [0.717, 1.165) is 17.6 Å². The van der Waals surface area contributed by atoms with E-state index in [1.165, 1.54) is 37.9 Å². The quantitative estimate of drug-likeness (QED) is 0.138. The summed E-state index contributed by atoms with van der Waals surface area (Å²) >= 11 is 6.75. The molecule has 1 aromatic carbocycles. The van der Waals surface area contributed by atoms with Crippen LogP contribution in [0.1, 0.15) is 84.3 Å². The average Bonchev–Trinajstić information content (AvgIpc) is 3.91. The lowest BCUT2D eigenvalue weighted by Crippen LogP contribution is -2.63. The molecule has 4 rings (SSSR count). The fourth-order valence-electron chi connectivity index (χ4n) is 7.61. The highest BCUT2D eigenvalue weighted by atomic mass is 35.5. The van der Waals surface area contributed by atoms with Gasteiger partial charge >= 0.3 is 12.1 Å². The smallest absolute Gasteiger partial charge is 0.409 e. The number of likely N-dealkylation sites (N-methyl/N-ethyl adjacent to an activating group) is 2. The first kappa shape index (κ1) is 48.6. The van der Waals surface area contributed by atoms with Gasteiger partial charge in [-0.15, -0.1) is 0 Å². The number of aliphatic hydroxyl groups is 2. The van der Waals surface area contributed by atoms with Gasteiger partial charge in [0, 0.05) is 66.6 Å². The molecule has 0 unspecified atom stereocenters. The minimum absolute atomic E-state index is 0.0131. The molecule has 0 saturated carbocycles. The predicted molar refractivity (Wildman–Crippen MR) is 223 cm³/mol. The molecule has 60 heavy (non-hydrogen) atoms. The van der Waals surface area contributed by atoms with Gasteiger partial charge in [-0.1, -0.05) is 55.3 Å². The number of benzene rings is 1. The Labute approximate surface area is 358 Å². The molecule has 334 valence electrons. The Morgan fingerprint density at radius 2 is 1.85 bits per heavy atom. The lowest BCUT2D eigenvalue weighted by molar-refractivity contribution is -0.162. The van der Waals surface area contributed by atoms with E-state index in [2.05, 4.69) is 5.32 Å². The number of amides is 4. The number of ether oxygens (including phenoxy) is 5. The summed E-state index contributed by atoms with van der Waals surface area (Å²) < 4.78 is 29.1. The van der Waals surface area contributed by atoms with Crippen molar-refractivity contribution in [2.75, 3.05) is 52.9 Å². The number of nitrogens with one attached hydrogen (secondary N) is 1. The number of esters is 1. The summed E-state index contributed by atoms with van der Waals surface area (Å²) in [5, 5.41) is 24.7. The Balaban J connectivity index is 1.60. The van der Waals surface area contributed by atoms with Gasteiger partial charge in [-0.25, -0.2) is 9.59 Å². The molecule has 2 fully saturated rings. The Kier molecular flexibility index (Phi) is 17.1. The zero-order valence-electron chi connectivity index (χ0n) is 36.3. The Bertz CT molecular complexity index is 1790. The summed E-state index contributed by atoms with van der Waals surface area (Å²) in [6.45, 7) is 9.97. The van der Waals surface area contributed by atoms with Gasteiger partial charge in [-0.3, -0.25) is 19.7 Å². The van der Waals surface area contributed by atoms with E-state index >= 15 is 0 Å². The normalized spacial score (nSPS) is 28.9. The molecule has 2 saturated heterocycles. The van der Waals surface area contributed by atoms with Crippen molar-refractivity contribution in [2.24, 2.45) is 5.92 Å². The number of carbonyl (C=O) groups is 5. The van der Waals surface area contributed by atoms with Crippen LogP contribution >= 0.6 is 11.6 Å². The largest absolute Gasteiger partial charge is 0.457 e. The molecule has 0 aliphatic carbocycles. The Hall–Kier alpha value is -4.06. The van der Waals surface area contributed by atoms with Crippen molar-refractivity contribution in [3.63, 3.8) is 0 Å². The minimum Gasteiger partial charge on any atom is -0.457 e. The van der Waals surface area contributed by atoms with Crippen molar-refractivity contribution >= 4 is 47.1 Å². The standard InChI is InChI=1S/C43H63ClN4O12/c1-10-18-57-19-17-46(6)35(50)15-12-16-36(51)47(7)28(4)40(53)59-34-23-37(52)48(8)31-22-29(21-30(25-49)38(31)44)20-26(2)13-11-14-33(56-9)43(55)24-32(58-41(54)45-43)27(3)39-42(34,5)60-39/h11,13-14,21-22,27-28,32-34,39,49,55H,10,12,15-20,23-25H2,1-9H3,(H,45,54)/b14-11+,26-13-/t27-,28+,32+,33-,34+,39+,42+,43+/m1/s1. The van der Waals surface area contributed by atoms with Crippen LogP contribution in [0.3, 0.4) is 0 Å². The summed E-state index contributed by atoms with van der Waals surface area (Å²) in [6.07, 6.45) is 1.82. The summed E-state index contributed by atoms with van der Waals surface area (Å²) in [4.78, 5) is 71.0. The van der Waals surface area contributed by atoms with Crippen molar-refractivity contribution < 1.29 is 57.9 Å². The number of allylic oxidation sites excluding steroid dienone is 3. The SMILES string of the molecule is CCCOCCN(C)C(=O)CCCC(=O)N(C)[C@@H](C)C(=O)O[C@H]1CC(=O)N(C)c2cc(cc(CO)c2Cl)C/C(C)=C\C=C\[C@@H](OC)[C@@]2(O)C[C@H](OC(=O)N2)[C@@H](C)[C@@H]2O[C@@]12C. The zero-order valence-corrected chi connectivity index (χ0v) is 37.1. The molecule has 3 heterocycles. The molecule has 0 aromatic heterocycles. The second-order valence-electron chi connectivity index (χ2n) is 16.3. The minimum atomic E-state index is -1.86. The number of alkyl carbamates (subject to hydrolysis) is 1. The molecule has 3 aliphatic heterocycles. The number of methoxy groups -OCH3 is 1. The van der Waals surface area contributed by atoms with Crippen LogP contribution in [0, 0.1) is 5.92 Å². The predicted octanol–water partition coefficient (Wildman–Crippen LogP) is 4.05. The highest BCUT2D eigenvalue weighted by molar-refractivity contribution is 6.34.